The maximum absolute atomic E-state index is 11.1. The van der Waals surface area contributed by atoms with Crippen LogP contribution in [0, 0.1) is 0 Å². The molecule has 1 heterocycles. The molecule has 1 fully saturated rings. The van der Waals surface area contributed by atoms with Gasteiger partial charge in [0.1, 0.15) is 0 Å². The minimum absolute atomic E-state index is 0.0344. The summed E-state index contributed by atoms with van der Waals surface area (Å²) in [4.78, 5) is 23.3. The Balaban J connectivity index is 2.27. The Morgan fingerprint density at radius 2 is 2.29 bits per heavy atom. The van der Waals surface area contributed by atoms with Gasteiger partial charge in [0.2, 0.25) is 5.91 Å². The second-order valence-corrected chi connectivity index (χ2v) is 3.54. The van der Waals surface area contributed by atoms with Crippen LogP contribution in [0.5, 0.6) is 0 Å². The molecule has 1 amide bonds. The Morgan fingerprint density at radius 1 is 1.57 bits per heavy atom. The zero-order valence-electron chi connectivity index (χ0n) is 8.32. The minimum Gasteiger partial charge on any atom is -0.480 e. The van der Waals surface area contributed by atoms with E-state index in [1.165, 1.54) is 0 Å². The van der Waals surface area contributed by atoms with Gasteiger partial charge in [0.15, 0.2) is 0 Å². The van der Waals surface area contributed by atoms with Crippen LogP contribution in [-0.2, 0) is 9.59 Å². The lowest BCUT2D eigenvalue weighted by atomic mass is 10.2. The maximum Gasteiger partial charge on any atom is 0.317 e. The third-order valence-corrected chi connectivity index (χ3v) is 2.32. The molecule has 0 radical (unpaired) electrons. The molecule has 80 valence electrons. The number of carboxylic acid groups (broad SMARTS) is 1. The van der Waals surface area contributed by atoms with Crippen molar-refractivity contribution in [3.8, 4) is 0 Å². The fourth-order valence-corrected chi connectivity index (χ4v) is 1.62. The molecule has 0 aromatic rings. The zero-order valence-corrected chi connectivity index (χ0v) is 8.32. The second kappa shape index (κ2) is 4.95. The van der Waals surface area contributed by atoms with Crippen LogP contribution in [0.3, 0.4) is 0 Å². The van der Waals surface area contributed by atoms with E-state index < -0.39 is 5.97 Å². The van der Waals surface area contributed by atoms with E-state index in [0.717, 1.165) is 13.0 Å². The molecule has 1 rings (SSSR count). The molecule has 0 saturated carbocycles. The average Bonchev–Trinajstić information content (AvgIpc) is 2.51. The highest BCUT2D eigenvalue weighted by Crippen LogP contribution is 2.08. The van der Waals surface area contributed by atoms with Crippen molar-refractivity contribution in [2.45, 2.75) is 25.8 Å². The van der Waals surface area contributed by atoms with Gasteiger partial charge >= 0.3 is 5.97 Å². The molecule has 1 atom stereocenters. The average molecular weight is 200 g/mol. The molecule has 1 aliphatic heterocycles. The summed E-state index contributed by atoms with van der Waals surface area (Å²) >= 11 is 0. The molecular formula is C9H16N2O3. The summed E-state index contributed by atoms with van der Waals surface area (Å²) in [5.41, 5.74) is 0. The van der Waals surface area contributed by atoms with Crippen LogP contribution < -0.4 is 5.32 Å². The van der Waals surface area contributed by atoms with Crippen molar-refractivity contribution in [3.63, 3.8) is 0 Å². The predicted molar refractivity (Wildman–Crippen MR) is 50.9 cm³/mol. The smallest absolute Gasteiger partial charge is 0.317 e. The van der Waals surface area contributed by atoms with Gasteiger partial charge in [-0.3, -0.25) is 14.5 Å². The van der Waals surface area contributed by atoms with Gasteiger partial charge in [-0.1, -0.05) is 6.92 Å². The number of carboxylic acids is 1. The SMILES string of the molecule is CCC(=O)NC1CCN(CC(=O)O)C1. The quantitative estimate of drug-likeness (QED) is 0.652. The van der Waals surface area contributed by atoms with Gasteiger partial charge in [-0.2, -0.15) is 0 Å². The number of likely N-dealkylation sites (tertiary alicyclic amines) is 1. The molecule has 1 unspecified atom stereocenters. The summed E-state index contributed by atoms with van der Waals surface area (Å²) in [5.74, 6) is -0.778. The van der Waals surface area contributed by atoms with Gasteiger partial charge in [-0.05, 0) is 6.42 Å². The third-order valence-electron chi connectivity index (χ3n) is 2.32. The fraction of sp³-hybridized carbons (Fsp3) is 0.778. The number of rotatable bonds is 4. The first kappa shape index (κ1) is 11.0. The Bertz CT molecular complexity index is 230. The Labute approximate surface area is 83.1 Å². The van der Waals surface area contributed by atoms with Crippen LogP contribution in [0.25, 0.3) is 0 Å². The van der Waals surface area contributed by atoms with Gasteiger partial charge in [-0.15, -0.1) is 0 Å². The van der Waals surface area contributed by atoms with Gasteiger partial charge in [-0.25, -0.2) is 0 Å². The molecule has 0 aromatic carbocycles. The highest BCUT2D eigenvalue weighted by molar-refractivity contribution is 5.75. The number of hydrogen-bond donors (Lipinski definition) is 2. The summed E-state index contributed by atoms with van der Waals surface area (Å²) < 4.78 is 0. The number of amides is 1. The van der Waals surface area contributed by atoms with Crippen LogP contribution in [0.4, 0.5) is 0 Å². The predicted octanol–water partition coefficient (Wildman–Crippen LogP) is -0.328. The number of carbonyl (C=O) groups is 2. The van der Waals surface area contributed by atoms with Crippen molar-refractivity contribution in [1.82, 2.24) is 10.2 Å². The lowest BCUT2D eigenvalue weighted by Gasteiger charge is -2.13. The molecule has 0 aromatic heterocycles. The zero-order chi connectivity index (χ0) is 10.6. The minimum atomic E-state index is -0.813. The largest absolute Gasteiger partial charge is 0.480 e. The number of nitrogens with zero attached hydrogens (tertiary/aromatic N) is 1. The van der Waals surface area contributed by atoms with Gasteiger partial charge in [0.25, 0.3) is 0 Å². The first-order valence-corrected chi connectivity index (χ1v) is 4.85. The Kier molecular flexibility index (Phi) is 3.88. The van der Waals surface area contributed by atoms with E-state index in [4.69, 9.17) is 5.11 Å². The van der Waals surface area contributed by atoms with E-state index in [1.54, 1.807) is 6.92 Å². The number of aliphatic carboxylic acids is 1. The van der Waals surface area contributed by atoms with Crippen LogP contribution in [-0.4, -0.2) is 47.6 Å². The third kappa shape index (κ3) is 3.33. The van der Waals surface area contributed by atoms with Crippen LogP contribution in [0.1, 0.15) is 19.8 Å². The highest BCUT2D eigenvalue weighted by atomic mass is 16.4. The van der Waals surface area contributed by atoms with Crippen molar-refractivity contribution in [2.75, 3.05) is 19.6 Å². The van der Waals surface area contributed by atoms with E-state index in [1.807, 2.05) is 4.90 Å². The Hall–Kier alpha value is -1.10. The highest BCUT2D eigenvalue weighted by Gasteiger charge is 2.24. The van der Waals surface area contributed by atoms with Crippen molar-refractivity contribution in [1.29, 1.82) is 0 Å². The fourth-order valence-electron chi connectivity index (χ4n) is 1.62. The Morgan fingerprint density at radius 3 is 2.86 bits per heavy atom. The van der Waals surface area contributed by atoms with Gasteiger partial charge in [0.05, 0.1) is 6.54 Å². The summed E-state index contributed by atoms with van der Waals surface area (Å²) in [6.45, 7) is 3.27. The summed E-state index contributed by atoms with van der Waals surface area (Å²) in [5, 5.41) is 11.4. The summed E-state index contributed by atoms with van der Waals surface area (Å²) in [7, 11) is 0. The first-order valence-electron chi connectivity index (χ1n) is 4.85. The molecule has 1 saturated heterocycles. The molecule has 0 spiro atoms. The lowest BCUT2D eigenvalue weighted by Crippen LogP contribution is -2.37. The van der Waals surface area contributed by atoms with E-state index in [2.05, 4.69) is 5.32 Å². The molecule has 0 aliphatic carbocycles. The standard InChI is InChI=1S/C9H16N2O3/c1-2-8(12)10-7-3-4-11(5-7)6-9(13)14/h7H,2-6H2,1H3,(H,10,12)(H,13,14). The molecule has 2 N–H and O–H groups in total. The van der Waals surface area contributed by atoms with Crippen molar-refractivity contribution in [3.05, 3.63) is 0 Å². The molecule has 5 nitrogen and oxygen atoms in total. The normalized spacial score (nSPS) is 22.2. The molecule has 1 aliphatic rings. The number of nitrogens with one attached hydrogen (secondary N) is 1. The van der Waals surface area contributed by atoms with E-state index in [9.17, 15) is 9.59 Å². The van der Waals surface area contributed by atoms with Crippen molar-refractivity contribution in [2.24, 2.45) is 0 Å². The maximum atomic E-state index is 11.1. The van der Waals surface area contributed by atoms with Crippen LogP contribution in [0.15, 0.2) is 0 Å². The monoisotopic (exact) mass is 200 g/mol. The van der Waals surface area contributed by atoms with Gasteiger partial charge in [0, 0.05) is 25.6 Å². The molecule has 14 heavy (non-hydrogen) atoms. The number of carbonyl (C=O) groups excluding carboxylic acids is 1. The van der Waals surface area contributed by atoms with E-state index in [0.29, 0.717) is 13.0 Å². The second-order valence-electron chi connectivity index (χ2n) is 3.54. The van der Waals surface area contributed by atoms with E-state index in [-0.39, 0.29) is 18.5 Å². The van der Waals surface area contributed by atoms with Gasteiger partial charge < -0.3 is 10.4 Å². The molecule has 5 heteroatoms. The lowest BCUT2D eigenvalue weighted by molar-refractivity contribution is -0.138. The van der Waals surface area contributed by atoms with Crippen molar-refractivity contribution >= 4 is 11.9 Å². The van der Waals surface area contributed by atoms with E-state index >= 15 is 0 Å². The van der Waals surface area contributed by atoms with Crippen LogP contribution in [0.2, 0.25) is 0 Å². The van der Waals surface area contributed by atoms with Crippen LogP contribution >= 0.6 is 0 Å². The summed E-state index contributed by atoms with van der Waals surface area (Å²) in [6.07, 6.45) is 1.33. The first-order chi connectivity index (χ1) is 6.61. The molecule has 0 bridgehead atoms. The number of hydrogen-bond acceptors (Lipinski definition) is 3. The summed E-state index contributed by atoms with van der Waals surface area (Å²) in [6, 6.07) is 0.127. The van der Waals surface area contributed by atoms with Crippen molar-refractivity contribution < 1.29 is 14.7 Å². The molecular weight excluding hydrogens is 184 g/mol. The topological polar surface area (TPSA) is 69.6 Å².